The average molecular weight is 604 g/mol. The van der Waals surface area contributed by atoms with E-state index in [-0.39, 0.29) is 36.5 Å². The normalized spacial score (nSPS) is 21.7. The van der Waals surface area contributed by atoms with Gasteiger partial charge in [-0.15, -0.1) is 0 Å². The van der Waals surface area contributed by atoms with Gasteiger partial charge in [0, 0.05) is 17.9 Å². The van der Waals surface area contributed by atoms with Crippen LogP contribution in [0.1, 0.15) is 45.1 Å². The summed E-state index contributed by atoms with van der Waals surface area (Å²) in [6.45, 7) is 3.55. The van der Waals surface area contributed by atoms with Gasteiger partial charge in [-0.25, -0.2) is 12.9 Å². The van der Waals surface area contributed by atoms with Crippen molar-refractivity contribution in [2.24, 2.45) is 5.41 Å². The number of aromatic nitrogens is 2. The van der Waals surface area contributed by atoms with Gasteiger partial charge >= 0.3 is 0 Å². The molecule has 10 heteroatoms. The van der Waals surface area contributed by atoms with Crippen LogP contribution in [-0.4, -0.2) is 59.7 Å². The molecule has 2 aliphatic carbocycles. The minimum Gasteiger partial charge on any atom is -0.490 e. The van der Waals surface area contributed by atoms with Crippen LogP contribution in [0.2, 0.25) is 0 Å². The van der Waals surface area contributed by atoms with Crippen LogP contribution in [0.3, 0.4) is 0 Å². The van der Waals surface area contributed by atoms with E-state index in [2.05, 4.69) is 10.4 Å². The summed E-state index contributed by atoms with van der Waals surface area (Å²) in [4.78, 5) is 13.1. The molecule has 2 fully saturated rings. The molecule has 2 aliphatic rings. The Balaban J connectivity index is 0.941. The van der Waals surface area contributed by atoms with Crippen molar-refractivity contribution in [1.29, 1.82) is 0 Å². The minimum absolute atomic E-state index is 0.00437. The number of pyridine rings is 1. The van der Waals surface area contributed by atoms with Gasteiger partial charge in [0.25, 0.3) is 0 Å². The van der Waals surface area contributed by atoms with Crippen LogP contribution in [0, 0.1) is 5.41 Å². The van der Waals surface area contributed by atoms with E-state index in [0.29, 0.717) is 10.6 Å². The van der Waals surface area contributed by atoms with Crippen LogP contribution in [0.15, 0.2) is 78.0 Å². The van der Waals surface area contributed by atoms with Gasteiger partial charge in [0.15, 0.2) is 9.84 Å². The zero-order chi connectivity index (χ0) is 30.4. The first-order valence-electron chi connectivity index (χ1n) is 14.5. The molecule has 0 aliphatic heterocycles. The van der Waals surface area contributed by atoms with Crippen molar-refractivity contribution >= 4 is 21.3 Å². The molecule has 0 bridgehead atoms. The Kier molecular flexibility index (Phi) is 7.46. The standard InChI is InChI=1S/C33H37N3O6S/c1-32(2,38)21-41-27-10-13-30-24(19-34-36(30)20-27)14-31(37)35-25-15-33(16-25)17-28(18-33)42-26-8-4-22(5-9-26)23-6-11-29(12-7-23)43(3,39)40/h4-13,19-20,25,28,38H,14-18,21H2,1-3H3,(H,35,37). The summed E-state index contributed by atoms with van der Waals surface area (Å²) in [5, 5.41) is 17.4. The molecule has 9 nitrogen and oxygen atoms in total. The summed E-state index contributed by atoms with van der Waals surface area (Å²) >= 11 is 0. The number of carbonyl (C=O) groups excluding carboxylic acids is 1. The van der Waals surface area contributed by atoms with Crippen LogP contribution in [0.25, 0.3) is 16.6 Å². The van der Waals surface area contributed by atoms with Crippen molar-refractivity contribution in [2.45, 2.75) is 68.6 Å². The van der Waals surface area contributed by atoms with Gasteiger partial charge in [0.05, 0.1) is 40.9 Å². The number of hydrogen-bond acceptors (Lipinski definition) is 7. The number of carbonyl (C=O) groups is 1. The Labute approximate surface area is 251 Å². The lowest BCUT2D eigenvalue weighted by atomic mass is 9.53. The van der Waals surface area contributed by atoms with Crippen molar-refractivity contribution in [2.75, 3.05) is 12.9 Å². The molecule has 2 aromatic carbocycles. The van der Waals surface area contributed by atoms with Crippen molar-refractivity contribution in [3.8, 4) is 22.6 Å². The molecule has 0 saturated heterocycles. The summed E-state index contributed by atoms with van der Waals surface area (Å²) in [5.41, 5.74) is 2.99. The predicted molar refractivity (Wildman–Crippen MR) is 163 cm³/mol. The topological polar surface area (TPSA) is 119 Å². The van der Waals surface area contributed by atoms with Crippen molar-refractivity contribution in [3.63, 3.8) is 0 Å². The van der Waals surface area contributed by atoms with Gasteiger partial charge in [-0.2, -0.15) is 5.10 Å². The zero-order valence-electron chi connectivity index (χ0n) is 24.6. The number of rotatable bonds is 10. The fourth-order valence-electron chi connectivity index (χ4n) is 6.17. The Morgan fingerprint density at radius 2 is 1.63 bits per heavy atom. The summed E-state index contributed by atoms with van der Waals surface area (Å²) in [5.74, 6) is 1.42. The molecule has 2 saturated carbocycles. The van der Waals surface area contributed by atoms with Crippen LogP contribution in [0.4, 0.5) is 0 Å². The summed E-state index contributed by atoms with van der Waals surface area (Å²) in [6, 6.07) is 18.7. The summed E-state index contributed by atoms with van der Waals surface area (Å²) in [7, 11) is -3.21. The van der Waals surface area contributed by atoms with Gasteiger partial charge < -0.3 is 19.9 Å². The van der Waals surface area contributed by atoms with Crippen molar-refractivity contribution in [3.05, 3.63) is 78.6 Å². The number of benzene rings is 2. The first kappa shape index (κ1) is 29.2. The molecule has 1 spiro atoms. The third-order valence-corrected chi connectivity index (χ3v) is 9.46. The average Bonchev–Trinajstić information content (AvgIpc) is 3.30. The second kappa shape index (κ2) is 11.0. The van der Waals surface area contributed by atoms with Crippen LogP contribution < -0.4 is 14.8 Å². The highest BCUT2D eigenvalue weighted by Crippen LogP contribution is 2.56. The van der Waals surface area contributed by atoms with E-state index < -0.39 is 15.4 Å². The highest BCUT2D eigenvalue weighted by atomic mass is 32.2. The lowest BCUT2D eigenvalue weighted by Crippen LogP contribution is -2.58. The van der Waals surface area contributed by atoms with E-state index in [1.807, 2.05) is 48.5 Å². The number of amides is 1. The number of nitrogens with zero attached hydrogens (tertiary/aromatic N) is 2. The third kappa shape index (κ3) is 6.70. The van der Waals surface area contributed by atoms with Gasteiger partial charge in [-0.05, 0) is 92.5 Å². The molecule has 6 rings (SSSR count). The first-order chi connectivity index (χ1) is 20.3. The van der Waals surface area contributed by atoms with E-state index in [9.17, 15) is 18.3 Å². The lowest BCUT2D eigenvalue weighted by molar-refractivity contribution is -0.126. The summed E-state index contributed by atoms with van der Waals surface area (Å²) < 4.78 is 36.9. The largest absolute Gasteiger partial charge is 0.490 e. The number of hydrogen-bond donors (Lipinski definition) is 2. The minimum atomic E-state index is -3.21. The van der Waals surface area contributed by atoms with Gasteiger partial charge in [0.1, 0.15) is 18.1 Å². The number of ether oxygens (including phenoxy) is 2. The number of aliphatic hydroxyl groups is 1. The number of sulfone groups is 1. The van der Waals surface area contributed by atoms with E-state index in [1.165, 1.54) is 6.26 Å². The molecule has 2 N–H and O–H groups in total. The Bertz CT molecular complexity index is 1730. The Morgan fingerprint density at radius 3 is 2.26 bits per heavy atom. The fraction of sp³-hybridized carbons (Fsp3) is 0.394. The zero-order valence-corrected chi connectivity index (χ0v) is 25.4. The van der Waals surface area contributed by atoms with Gasteiger partial charge in [-0.1, -0.05) is 24.3 Å². The number of nitrogens with one attached hydrogen (secondary N) is 1. The van der Waals surface area contributed by atoms with E-state index in [1.54, 1.807) is 42.9 Å². The van der Waals surface area contributed by atoms with Crippen LogP contribution in [-0.2, 0) is 21.1 Å². The first-order valence-corrected chi connectivity index (χ1v) is 16.4. The second-order valence-electron chi connectivity index (χ2n) is 12.8. The molecule has 2 heterocycles. The maximum absolute atomic E-state index is 12.8. The molecule has 0 unspecified atom stereocenters. The highest BCUT2D eigenvalue weighted by molar-refractivity contribution is 7.90. The molecule has 4 aromatic rings. The molecule has 0 atom stereocenters. The lowest BCUT2D eigenvalue weighted by Gasteiger charge is -2.57. The predicted octanol–water partition coefficient (Wildman–Crippen LogP) is 4.60. The third-order valence-electron chi connectivity index (χ3n) is 8.33. The quantitative estimate of drug-likeness (QED) is 0.272. The van der Waals surface area contributed by atoms with E-state index >= 15 is 0 Å². The fourth-order valence-corrected chi connectivity index (χ4v) is 6.81. The summed E-state index contributed by atoms with van der Waals surface area (Å²) in [6.07, 6.45) is 9.02. The molecule has 226 valence electrons. The smallest absolute Gasteiger partial charge is 0.224 e. The number of fused-ring (bicyclic) bond motifs is 1. The molecule has 0 radical (unpaired) electrons. The van der Waals surface area contributed by atoms with Crippen molar-refractivity contribution < 1.29 is 27.8 Å². The van der Waals surface area contributed by atoms with E-state index in [4.69, 9.17) is 9.47 Å². The maximum Gasteiger partial charge on any atom is 0.224 e. The van der Waals surface area contributed by atoms with Crippen LogP contribution >= 0.6 is 0 Å². The Hall–Kier alpha value is -3.89. The van der Waals surface area contributed by atoms with E-state index in [0.717, 1.165) is 53.6 Å². The maximum atomic E-state index is 12.8. The van der Waals surface area contributed by atoms with Crippen LogP contribution in [0.5, 0.6) is 11.5 Å². The molecular formula is C33H37N3O6S. The molecule has 2 aromatic heterocycles. The SMILES string of the molecule is CC(C)(O)COc1ccc2c(CC(=O)NC3CC4(C3)CC(Oc3ccc(-c5ccc(S(C)(=O)=O)cc5)cc3)C4)cnn2c1. The highest BCUT2D eigenvalue weighted by Gasteiger charge is 2.54. The monoisotopic (exact) mass is 603 g/mol. The molecule has 43 heavy (non-hydrogen) atoms. The van der Waals surface area contributed by atoms with Gasteiger partial charge in [0.2, 0.25) is 5.91 Å². The van der Waals surface area contributed by atoms with Crippen molar-refractivity contribution in [1.82, 2.24) is 14.9 Å². The Morgan fingerprint density at radius 1 is 1.00 bits per heavy atom. The van der Waals surface area contributed by atoms with Gasteiger partial charge in [-0.3, -0.25) is 4.79 Å². The molecule has 1 amide bonds. The second-order valence-corrected chi connectivity index (χ2v) is 14.8. The molecular weight excluding hydrogens is 566 g/mol.